The van der Waals surface area contributed by atoms with Crippen LogP contribution in [0.25, 0.3) is 6.08 Å². The highest BCUT2D eigenvalue weighted by atomic mass is 14.8. The van der Waals surface area contributed by atoms with Crippen LogP contribution in [-0.2, 0) is 0 Å². The Labute approximate surface area is 121 Å². The van der Waals surface area contributed by atoms with Crippen LogP contribution < -0.4 is 0 Å². The van der Waals surface area contributed by atoms with E-state index in [4.69, 9.17) is 4.99 Å². The predicted molar refractivity (Wildman–Crippen MR) is 88.0 cm³/mol. The van der Waals surface area contributed by atoms with Crippen molar-refractivity contribution in [3.05, 3.63) is 77.9 Å². The Balaban J connectivity index is 2.06. The van der Waals surface area contributed by atoms with Crippen LogP contribution in [0.4, 0.5) is 0 Å². The summed E-state index contributed by atoms with van der Waals surface area (Å²) in [5.41, 5.74) is 2.46. The molecule has 102 valence electrons. The monoisotopic (exact) mass is 263 g/mol. The number of hydrogen-bond donors (Lipinski definition) is 0. The Kier molecular flexibility index (Phi) is 5.31. The van der Waals surface area contributed by atoms with Crippen LogP contribution in [0.2, 0.25) is 0 Å². The Morgan fingerprint density at radius 1 is 0.850 bits per heavy atom. The minimum Gasteiger partial charge on any atom is -0.285 e. The van der Waals surface area contributed by atoms with Gasteiger partial charge in [-0.25, -0.2) is 0 Å². The average Bonchev–Trinajstić information content (AvgIpc) is 2.49. The number of nitrogens with zero attached hydrogens (tertiary/aromatic N) is 1. The Hall–Kier alpha value is -2.15. The first-order valence-electron chi connectivity index (χ1n) is 7.07. The molecule has 2 rings (SSSR count). The summed E-state index contributed by atoms with van der Waals surface area (Å²) in [6.45, 7) is 4.41. The van der Waals surface area contributed by atoms with Gasteiger partial charge in [0.05, 0.1) is 6.04 Å². The quantitative estimate of drug-likeness (QED) is 0.660. The summed E-state index contributed by atoms with van der Waals surface area (Å²) in [6, 6.07) is 21.0. The maximum absolute atomic E-state index is 4.70. The molecule has 0 N–H and O–H groups in total. The van der Waals surface area contributed by atoms with E-state index >= 15 is 0 Å². The fourth-order valence-electron chi connectivity index (χ4n) is 2.15. The maximum atomic E-state index is 4.70. The van der Waals surface area contributed by atoms with Gasteiger partial charge in [0.25, 0.3) is 0 Å². The minimum atomic E-state index is 0.219. The van der Waals surface area contributed by atoms with Crippen molar-refractivity contribution < 1.29 is 0 Å². The third kappa shape index (κ3) is 4.20. The minimum absolute atomic E-state index is 0.219. The summed E-state index contributed by atoms with van der Waals surface area (Å²) in [4.78, 5) is 4.70. The molecule has 0 aliphatic rings. The third-order valence-electron chi connectivity index (χ3n) is 3.19. The molecule has 0 aliphatic carbocycles. The van der Waals surface area contributed by atoms with Crippen molar-refractivity contribution in [1.29, 1.82) is 0 Å². The molecule has 0 radical (unpaired) electrons. The molecule has 1 nitrogen and oxygen atoms in total. The number of aliphatic imine (C=N–C) groups is 1. The lowest BCUT2D eigenvalue weighted by Gasteiger charge is -2.16. The van der Waals surface area contributed by atoms with Gasteiger partial charge in [-0.2, -0.15) is 0 Å². The molecule has 1 atom stereocenters. The first-order chi connectivity index (χ1) is 9.77. The van der Waals surface area contributed by atoms with Gasteiger partial charge < -0.3 is 0 Å². The van der Waals surface area contributed by atoms with Crippen molar-refractivity contribution in [3.63, 3.8) is 0 Å². The Morgan fingerprint density at radius 3 is 2.05 bits per heavy atom. The van der Waals surface area contributed by atoms with E-state index in [1.807, 2.05) is 36.6 Å². The molecular weight excluding hydrogens is 242 g/mol. The van der Waals surface area contributed by atoms with Crippen LogP contribution in [0.15, 0.2) is 71.7 Å². The molecule has 0 spiro atoms. The second kappa shape index (κ2) is 7.44. The molecule has 2 aromatic carbocycles. The van der Waals surface area contributed by atoms with Gasteiger partial charge in [-0.1, -0.05) is 80.6 Å². The third-order valence-corrected chi connectivity index (χ3v) is 3.19. The number of benzene rings is 2. The molecule has 1 heteroatoms. The van der Waals surface area contributed by atoms with E-state index < -0.39 is 0 Å². The molecule has 0 heterocycles. The van der Waals surface area contributed by atoms with E-state index in [-0.39, 0.29) is 6.04 Å². The SMILES string of the molecule is CC(C)C(N=CC=Cc1ccccc1)c1ccccc1. The first-order valence-corrected chi connectivity index (χ1v) is 7.07. The molecule has 0 saturated heterocycles. The molecule has 0 aromatic heterocycles. The lowest BCUT2D eigenvalue weighted by atomic mass is 9.97. The average molecular weight is 263 g/mol. The molecule has 1 unspecified atom stereocenters. The molecule has 0 bridgehead atoms. The van der Waals surface area contributed by atoms with Crippen molar-refractivity contribution in [2.75, 3.05) is 0 Å². The van der Waals surface area contributed by atoms with Crippen LogP contribution in [0, 0.1) is 5.92 Å². The standard InChI is InChI=1S/C19H21N/c1-16(2)19(18-13-7-4-8-14-18)20-15-9-12-17-10-5-3-6-11-17/h3-16,19H,1-2H3. The summed E-state index contributed by atoms with van der Waals surface area (Å²) in [6.07, 6.45) is 5.99. The molecule has 2 aromatic rings. The predicted octanol–water partition coefficient (Wildman–Crippen LogP) is 5.17. The molecule has 20 heavy (non-hydrogen) atoms. The fraction of sp³-hybridized carbons (Fsp3) is 0.211. The number of hydrogen-bond acceptors (Lipinski definition) is 1. The van der Waals surface area contributed by atoms with Crippen LogP contribution in [0.1, 0.15) is 31.0 Å². The zero-order valence-electron chi connectivity index (χ0n) is 12.1. The zero-order chi connectivity index (χ0) is 14.2. The molecule has 0 saturated carbocycles. The highest BCUT2D eigenvalue weighted by Crippen LogP contribution is 2.25. The van der Waals surface area contributed by atoms with Crippen molar-refractivity contribution in [2.24, 2.45) is 10.9 Å². The van der Waals surface area contributed by atoms with Crippen LogP contribution in [-0.4, -0.2) is 6.21 Å². The van der Waals surface area contributed by atoms with E-state index in [0.717, 1.165) is 0 Å². The Morgan fingerprint density at radius 2 is 1.45 bits per heavy atom. The Bertz CT molecular complexity index is 553. The van der Waals surface area contributed by atoms with Crippen molar-refractivity contribution >= 4 is 12.3 Å². The van der Waals surface area contributed by atoms with E-state index in [1.165, 1.54) is 11.1 Å². The van der Waals surface area contributed by atoms with E-state index in [9.17, 15) is 0 Å². The lowest BCUT2D eigenvalue weighted by molar-refractivity contribution is 0.518. The van der Waals surface area contributed by atoms with E-state index in [1.54, 1.807) is 0 Å². The van der Waals surface area contributed by atoms with Gasteiger partial charge in [-0.15, -0.1) is 0 Å². The van der Waals surface area contributed by atoms with Crippen molar-refractivity contribution in [1.82, 2.24) is 0 Å². The second-order valence-corrected chi connectivity index (χ2v) is 5.17. The van der Waals surface area contributed by atoms with Crippen LogP contribution in [0.5, 0.6) is 0 Å². The molecular formula is C19H21N. The molecule has 0 amide bonds. The topological polar surface area (TPSA) is 12.4 Å². The van der Waals surface area contributed by atoms with Crippen LogP contribution in [0.3, 0.4) is 0 Å². The first kappa shape index (κ1) is 14.3. The lowest BCUT2D eigenvalue weighted by Crippen LogP contribution is -2.03. The second-order valence-electron chi connectivity index (χ2n) is 5.17. The van der Waals surface area contributed by atoms with E-state index in [2.05, 4.69) is 56.3 Å². The normalized spacial score (nSPS) is 13.3. The van der Waals surface area contributed by atoms with E-state index in [0.29, 0.717) is 5.92 Å². The van der Waals surface area contributed by atoms with Gasteiger partial charge in [0, 0.05) is 6.21 Å². The fourth-order valence-corrected chi connectivity index (χ4v) is 2.15. The summed E-state index contributed by atoms with van der Waals surface area (Å²) in [5, 5.41) is 0. The number of rotatable bonds is 5. The van der Waals surface area contributed by atoms with Gasteiger partial charge in [0.2, 0.25) is 0 Å². The van der Waals surface area contributed by atoms with Crippen LogP contribution >= 0.6 is 0 Å². The van der Waals surface area contributed by atoms with Gasteiger partial charge in [-0.05, 0) is 23.1 Å². The van der Waals surface area contributed by atoms with Crippen molar-refractivity contribution in [3.8, 4) is 0 Å². The van der Waals surface area contributed by atoms with Gasteiger partial charge >= 0.3 is 0 Å². The summed E-state index contributed by atoms with van der Waals surface area (Å²) < 4.78 is 0. The smallest absolute Gasteiger partial charge is 0.0771 e. The molecule has 0 fully saturated rings. The highest BCUT2D eigenvalue weighted by molar-refractivity contribution is 5.78. The molecule has 0 aliphatic heterocycles. The van der Waals surface area contributed by atoms with Gasteiger partial charge in [0.1, 0.15) is 0 Å². The van der Waals surface area contributed by atoms with Crippen molar-refractivity contribution in [2.45, 2.75) is 19.9 Å². The highest BCUT2D eigenvalue weighted by Gasteiger charge is 2.12. The summed E-state index contributed by atoms with van der Waals surface area (Å²) in [5.74, 6) is 0.485. The van der Waals surface area contributed by atoms with Gasteiger partial charge in [0.15, 0.2) is 0 Å². The summed E-state index contributed by atoms with van der Waals surface area (Å²) in [7, 11) is 0. The van der Waals surface area contributed by atoms with Gasteiger partial charge in [-0.3, -0.25) is 4.99 Å². The summed E-state index contributed by atoms with van der Waals surface area (Å²) >= 11 is 0. The maximum Gasteiger partial charge on any atom is 0.0771 e. The largest absolute Gasteiger partial charge is 0.285 e. The zero-order valence-corrected chi connectivity index (χ0v) is 12.1. The number of allylic oxidation sites excluding steroid dienone is 1.